The van der Waals surface area contributed by atoms with Crippen LogP contribution in [-0.2, 0) is 6.54 Å². The first-order chi connectivity index (χ1) is 8.25. The van der Waals surface area contributed by atoms with Crippen molar-refractivity contribution in [2.75, 3.05) is 0 Å². The van der Waals surface area contributed by atoms with E-state index < -0.39 is 0 Å². The Morgan fingerprint density at radius 3 is 2.94 bits per heavy atom. The van der Waals surface area contributed by atoms with Crippen molar-refractivity contribution in [3.8, 4) is 11.5 Å². The molecule has 1 N–H and O–H groups in total. The van der Waals surface area contributed by atoms with Crippen LogP contribution in [0.4, 0.5) is 0 Å². The third-order valence-electron chi connectivity index (χ3n) is 2.58. The molecule has 0 amide bonds. The average molecular weight is 246 g/mol. The summed E-state index contributed by atoms with van der Waals surface area (Å²) in [5.41, 5.74) is 0.711. The maximum Gasteiger partial charge on any atom is 0.191 e. The number of hydrogen-bond donors (Lipinski definition) is 1. The third-order valence-corrected chi connectivity index (χ3v) is 2.88. The van der Waals surface area contributed by atoms with Crippen LogP contribution in [0.15, 0.2) is 18.6 Å². The van der Waals surface area contributed by atoms with Crippen molar-refractivity contribution in [2.24, 2.45) is 0 Å². The monoisotopic (exact) mass is 246 g/mol. The molecule has 0 spiro atoms. The Kier molecular flexibility index (Phi) is 2.32. The summed E-state index contributed by atoms with van der Waals surface area (Å²) >= 11 is 5.23. The number of nitrogens with one attached hydrogen (secondary N) is 1. The number of hydrogen-bond acceptors (Lipinski definition) is 5. The summed E-state index contributed by atoms with van der Waals surface area (Å²) in [5, 5.41) is 11.4. The van der Waals surface area contributed by atoms with Gasteiger partial charge in [-0.15, -0.1) is 10.2 Å². The van der Waals surface area contributed by atoms with Crippen LogP contribution in [0.2, 0.25) is 0 Å². The van der Waals surface area contributed by atoms with Gasteiger partial charge in [0.25, 0.3) is 0 Å². The molecule has 3 rings (SSSR count). The number of fused-ring (bicyclic) bond motifs is 1. The normalized spacial score (nSPS) is 18.6. The van der Waals surface area contributed by atoms with Crippen LogP contribution < -0.4 is 5.32 Å². The minimum atomic E-state index is 0.265. The van der Waals surface area contributed by atoms with Crippen LogP contribution in [0.5, 0.6) is 0 Å². The van der Waals surface area contributed by atoms with E-state index in [9.17, 15) is 0 Å². The molecule has 0 unspecified atom stereocenters. The van der Waals surface area contributed by atoms with Gasteiger partial charge < -0.3 is 9.88 Å². The fourth-order valence-electron chi connectivity index (χ4n) is 1.86. The molecular weight excluding hydrogens is 236 g/mol. The molecule has 7 heteroatoms. The molecule has 0 saturated heterocycles. The molecule has 0 radical (unpaired) electrons. The van der Waals surface area contributed by atoms with E-state index in [1.807, 2.05) is 4.57 Å². The van der Waals surface area contributed by atoms with Crippen molar-refractivity contribution in [1.29, 1.82) is 0 Å². The van der Waals surface area contributed by atoms with Crippen molar-refractivity contribution in [3.05, 3.63) is 24.4 Å². The minimum absolute atomic E-state index is 0.265. The van der Waals surface area contributed by atoms with Gasteiger partial charge >= 0.3 is 0 Å². The molecule has 2 aromatic heterocycles. The van der Waals surface area contributed by atoms with E-state index in [0.29, 0.717) is 22.3 Å². The lowest BCUT2D eigenvalue weighted by Gasteiger charge is -2.23. The van der Waals surface area contributed by atoms with Crippen LogP contribution in [0.3, 0.4) is 0 Å². The molecule has 6 nitrogen and oxygen atoms in total. The molecule has 2 aromatic rings. The molecule has 0 saturated carbocycles. The first-order valence-electron chi connectivity index (χ1n) is 5.26. The second-order valence-corrected chi connectivity index (χ2v) is 4.33. The zero-order valence-corrected chi connectivity index (χ0v) is 9.98. The molecule has 3 heterocycles. The van der Waals surface area contributed by atoms with Crippen molar-refractivity contribution in [3.63, 3.8) is 0 Å². The van der Waals surface area contributed by atoms with Crippen LogP contribution in [0.1, 0.15) is 12.7 Å². The van der Waals surface area contributed by atoms with Gasteiger partial charge in [0.1, 0.15) is 10.7 Å². The van der Waals surface area contributed by atoms with Crippen LogP contribution >= 0.6 is 12.2 Å². The molecule has 1 aliphatic heterocycles. The Hall–Kier alpha value is -1.89. The van der Waals surface area contributed by atoms with Crippen LogP contribution in [-0.4, -0.2) is 35.8 Å². The lowest BCUT2D eigenvalue weighted by atomic mass is 10.2. The molecular formula is C10H10N6S. The van der Waals surface area contributed by atoms with Crippen LogP contribution in [0.25, 0.3) is 11.5 Å². The topological polar surface area (TPSA) is 68.5 Å². The van der Waals surface area contributed by atoms with Gasteiger partial charge in [0.2, 0.25) is 0 Å². The fraction of sp³-hybridized carbons (Fsp3) is 0.300. The van der Waals surface area contributed by atoms with Crippen molar-refractivity contribution in [1.82, 2.24) is 30.0 Å². The molecule has 0 fully saturated rings. The molecule has 1 atom stereocenters. The zero-order valence-electron chi connectivity index (χ0n) is 9.16. The summed E-state index contributed by atoms with van der Waals surface area (Å²) in [6.45, 7) is 2.84. The largest absolute Gasteiger partial charge is 0.369 e. The summed E-state index contributed by atoms with van der Waals surface area (Å²) in [5.74, 6) is 1.41. The number of rotatable bonds is 1. The predicted octanol–water partition coefficient (Wildman–Crippen LogP) is 0.402. The summed E-state index contributed by atoms with van der Waals surface area (Å²) in [7, 11) is 0. The van der Waals surface area contributed by atoms with Gasteiger partial charge in [-0.05, 0) is 6.92 Å². The zero-order chi connectivity index (χ0) is 11.8. The summed E-state index contributed by atoms with van der Waals surface area (Å²) < 4.78 is 1.98. The van der Waals surface area contributed by atoms with E-state index in [1.54, 1.807) is 18.6 Å². The first kappa shape index (κ1) is 10.3. The molecule has 0 bridgehead atoms. The van der Waals surface area contributed by atoms with E-state index in [1.165, 1.54) is 0 Å². The van der Waals surface area contributed by atoms with Crippen molar-refractivity contribution < 1.29 is 0 Å². The summed E-state index contributed by atoms with van der Waals surface area (Å²) in [4.78, 5) is 8.90. The molecule has 86 valence electrons. The summed E-state index contributed by atoms with van der Waals surface area (Å²) in [6, 6.07) is 0.265. The van der Waals surface area contributed by atoms with E-state index in [2.05, 4.69) is 32.4 Å². The van der Waals surface area contributed by atoms with Gasteiger partial charge in [0.05, 0.1) is 6.20 Å². The van der Waals surface area contributed by atoms with Crippen molar-refractivity contribution >= 4 is 17.2 Å². The average Bonchev–Trinajstić information content (AvgIpc) is 2.74. The van der Waals surface area contributed by atoms with E-state index in [0.717, 1.165) is 6.54 Å². The second kappa shape index (κ2) is 3.85. The van der Waals surface area contributed by atoms with Gasteiger partial charge in [-0.1, -0.05) is 12.2 Å². The van der Waals surface area contributed by atoms with Gasteiger partial charge in [0.15, 0.2) is 11.6 Å². The van der Waals surface area contributed by atoms with E-state index >= 15 is 0 Å². The highest BCUT2D eigenvalue weighted by Crippen LogP contribution is 2.18. The minimum Gasteiger partial charge on any atom is -0.369 e. The second-order valence-electron chi connectivity index (χ2n) is 3.92. The lowest BCUT2D eigenvalue weighted by Crippen LogP contribution is -2.42. The smallest absolute Gasteiger partial charge is 0.191 e. The maximum atomic E-state index is 5.23. The number of aromatic nitrogens is 5. The Labute approximate surface area is 103 Å². The molecule has 1 aliphatic rings. The maximum absolute atomic E-state index is 5.23. The Balaban J connectivity index is 2.12. The molecule has 0 aromatic carbocycles. The fourth-order valence-corrected chi connectivity index (χ4v) is 2.21. The van der Waals surface area contributed by atoms with Gasteiger partial charge in [-0.2, -0.15) is 0 Å². The highest BCUT2D eigenvalue weighted by atomic mass is 32.1. The SMILES string of the molecule is C[C@H]1Cn2c(nnc2-c2cnccn2)C(=S)N1. The Morgan fingerprint density at radius 2 is 2.18 bits per heavy atom. The number of thiocarbonyl (C=S) groups is 1. The number of nitrogens with zero attached hydrogens (tertiary/aromatic N) is 5. The Bertz CT molecular complexity index is 563. The third kappa shape index (κ3) is 1.68. The summed E-state index contributed by atoms with van der Waals surface area (Å²) in [6.07, 6.45) is 4.94. The Morgan fingerprint density at radius 1 is 1.35 bits per heavy atom. The standard InChI is InChI=1S/C10H10N6S/c1-6-5-16-8(7-4-11-2-3-12-7)14-15-9(16)10(17)13-6/h2-4,6H,5H2,1H3,(H,13,17)/t6-/m0/s1. The van der Waals surface area contributed by atoms with Gasteiger partial charge in [-0.3, -0.25) is 4.98 Å². The lowest BCUT2D eigenvalue weighted by molar-refractivity contribution is 0.523. The highest BCUT2D eigenvalue weighted by Gasteiger charge is 2.24. The molecule has 0 aliphatic carbocycles. The highest BCUT2D eigenvalue weighted by molar-refractivity contribution is 7.80. The molecule has 17 heavy (non-hydrogen) atoms. The van der Waals surface area contributed by atoms with E-state index in [-0.39, 0.29) is 6.04 Å². The van der Waals surface area contributed by atoms with Crippen LogP contribution in [0, 0.1) is 0 Å². The van der Waals surface area contributed by atoms with Gasteiger partial charge in [-0.25, -0.2) is 4.98 Å². The predicted molar refractivity (Wildman–Crippen MR) is 65.3 cm³/mol. The quantitative estimate of drug-likeness (QED) is 0.735. The first-order valence-corrected chi connectivity index (χ1v) is 5.67. The van der Waals surface area contributed by atoms with Gasteiger partial charge in [0, 0.05) is 25.0 Å². The van der Waals surface area contributed by atoms with E-state index in [4.69, 9.17) is 12.2 Å². The van der Waals surface area contributed by atoms with Crippen molar-refractivity contribution in [2.45, 2.75) is 19.5 Å².